The molecule has 0 radical (unpaired) electrons. The molecular weight excluding hydrogens is 200 g/mol. The zero-order valence-corrected chi connectivity index (χ0v) is 9.23. The summed E-state index contributed by atoms with van der Waals surface area (Å²) in [7, 11) is 0. The lowest BCUT2D eigenvalue weighted by molar-refractivity contribution is 0.143. The van der Waals surface area contributed by atoms with E-state index in [1.165, 1.54) is 0 Å². The molecule has 1 aromatic heterocycles. The normalized spacial score (nSPS) is 10.9. The van der Waals surface area contributed by atoms with E-state index < -0.39 is 5.60 Å². The van der Waals surface area contributed by atoms with E-state index in [1.807, 2.05) is 24.3 Å². The molecule has 1 N–H and O–H groups in total. The summed E-state index contributed by atoms with van der Waals surface area (Å²) >= 11 is 0. The minimum Gasteiger partial charge on any atom is -0.378 e. The summed E-state index contributed by atoms with van der Waals surface area (Å²) in [5.41, 5.74) is 1.22. The van der Waals surface area contributed by atoms with Gasteiger partial charge in [0.15, 0.2) is 0 Å². The average Bonchev–Trinajstić information content (AvgIpc) is 2.25. The van der Waals surface area contributed by atoms with E-state index >= 15 is 0 Å². The van der Waals surface area contributed by atoms with E-state index in [9.17, 15) is 5.11 Å². The summed E-state index contributed by atoms with van der Waals surface area (Å²) in [6.07, 6.45) is 1.61. The Morgan fingerprint density at radius 1 is 1.19 bits per heavy atom. The lowest BCUT2D eigenvalue weighted by atomic mass is 10.1. The van der Waals surface area contributed by atoms with Crippen molar-refractivity contribution in [2.45, 2.75) is 19.4 Å². The largest absolute Gasteiger partial charge is 0.378 e. The molecule has 0 saturated carbocycles. The fraction of sp³-hybridized carbons (Fsp3) is 0.231. The van der Waals surface area contributed by atoms with Gasteiger partial charge in [-0.25, -0.2) is 4.98 Å². The lowest BCUT2D eigenvalue weighted by Crippen LogP contribution is -2.14. The maximum absolute atomic E-state index is 9.47. The van der Waals surface area contributed by atoms with Crippen LogP contribution in [0.15, 0.2) is 30.5 Å². The van der Waals surface area contributed by atoms with Crippen LogP contribution in [0.25, 0.3) is 11.0 Å². The zero-order valence-electron chi connectivity index (χ0n) is 9.23. The molecule has 1 heterocycles. The first-order valence-corrected chi connectivity index (χ1v) is 5.02. The third kappa shape index (κ3) is 2.56. The van der Waals surface area contributed by atoms with Crippen LogP contribution in [-0.2, 0) is 0 Å². The highest BCUT2D eigenvalue weighted by Crippen LogP contribution is 2.08. The van der Waals surface area contributed by atoms with E-state index in [1.54, 1.807) is 20.0 Å². The van der Waals surface area contributed by atoms with Crippen LogP contribution >= 0.6 is 0 Å². The van der Waals surface area contributed by atoms with E-state index in [0.717, 1.165) is 11.0 Å². The Labute approximate surface area is 94.2 Å². The minimum atomic E-state index is -1.01. The molecule has 2 rings (SSSR count). The summed E-state index contributed by atoms with van der Waals surface area (Å²) in [6, 6.07) is 7.61. The summed E-state index contributed by atoms with van der Waals surface area (Å²) in [6.45, 7) is 3.27. The van der Waals surface area contributed by atoms with Gasteiger partial charge in [-0.3, -0.25) is 4.98 Å². The Morgan fingerprint density at radius 2 is 1.88 bits per heavy atom. The minimum absolute atomic E-state index is 0.570. The second kappa shape index (κ2) is 3.92. The maximum atomic E-state index is 9.47. The summed E-state index contributed by atoms with van der Waals surface area (Å²) in [5, 5.41) is 9.47. The fourth-order valence-corrected chi connectivity index (χ4v) is 1.23. The van der Waals surface area contributed by atoms with Gasteiger partial charge in [0.05, 0.1) is 17.2 Å². The Hall–Kier alpha value is -1.92. The van der Waals surface area contributed by atoms with Crippen LogP contribution in [0.5, 0.6) is 0 Å². The highest BCUT2D eigenvalue weighted by atomic mass is 16.3. The van der Waals surface area contributed by atoms with Gasteiger partial charge in [0.1, 0.15) is 11.3 Å². The van der Waals surface area contributed by atoms with Crippen molar-refractivity contribution in [1.82, 2.24) is 9.97 Å². The van der Waals surface area contributed by atoms with Crippen LogP contribution in [0, 0.1) is 11.8 Å². The topological polar surface area (TPSA) is 46.0 Å². The van der Waals surface area contributed by atoms with Crippen LogP contribution in [0.4, 0.5) is 0 Å². The van der Waals surface area contributed by atoms with Crippen LogP contribution in [0.1, 0.15) is 19.5 Å². The monoisotopic (exact) mass is 212 g/mol. The predicted molar refractivity (Wildman–Crippen MR) is 62.7 cm³/mol. The molecule has 3 nitrogen and oxygen atoms in total. The fourth-order valence-electron chi connectivity index (χ4n) is 1.23. The summed E-state index contributed by atoms with van der Waals surface area (Å²) in [4.78, 5) is 8.57. The average molecular weight is 212 g/mol. The van der Waals surface area contributed by atoms with E-state index in [4.69, 9.17) is 0 Å². The Morgan fingerprint density at radius 3 is 2.56 bits per heavy atom. The molecule has 0 amide bonds. The second-order valence-corrected chi connectivity index (χ2v) is 4.05. The van der Waals surface area contributed by atoms with E-state index in [0.29, 0.717) is 5.69 Å². The molecule has 0 atom stereocenters. The summed E-state index contributed by atoms with van der Waals surface area (Å²) in [5.74, 6) is 5.51. The molecule has 0 unspecified atom stereocenters. The van der Waals surface area contributed by atoms with Crippen LogP contribution in [-0.4, -0.2) is 20.7 Å². The number of aromatic nitrogens is 2. The number of benzene rings is 1. The number of para-hydroxylation sites is 2. The third-order valence-electron chi connectivity index (χ3n) is 1.95. The van der Waals surface area contributed by atoms with Gasteiger partial charge in [-0.05, 0) is 31.9 Å². The first-order chi connectivity index (χ1) is 7.54. The maximum Gasteiger partial charge on any atom is 0.132 e. The molecule has 0 spiro atoms. The molecule has 16 heavy (non-hydrogen) atoms. The molecular formula is C13H12N2O. The quantitative estimate of drug-likeness (QED) is 0.677. The van der Waals surface area contributed by atoms with Crippen molar-refractivity contribution >= 4 is 11.0 Å². The van der Waals surface area contributed by atoms with Crippen molar-refractivity contribution < 1.29 is 5.11 Å². The molecule has 0 fully saturated rings. The molecule has 0 aliphatic rings. The Kier molecular flexibility index (Phi) is 2.59. The number of hydrogen-bond donors (Lipinski definition) is 1. The molecule has 3 heteroatoms. The predicted octanol–water partition coefficient (Wildman–Crippen LogP) is 1.75. The van der Waals surface area contributed by atoms with Gasteiger partial charge < -0.3 is 5.11 Å². The number of fused-ring (bicyclic) bond motifs is 1. The number of nitrogens with zero attached hydrogens (tertiary/aromatic N) is 2. The van der Waals surface area contributed by atoms with Gasteiger partial charge in [-0.2, -0.15) is 0 Å². The number of aliphatic hydroxyl groups is 1. The highest BCUT2D eigenvalue weighted by molar-refractivity contribution is 5.74. The van der Waals surface area contributed by atoms with Crippen molar-refractivity contribution in [2.24, 2.45) is 0 Å². The Bertz CT molecular complexity index is 573. The molecule has 0 aliphatic carbocycles. The zero-order chi connectivity index (χ0) is 11.6. The van der Waals surface area contributed by atoms with Crippen molar-refractivity contribution in [1.29, 1.82) is 0 Å². The molecule has 0 bridgehead atoms. The smallest absolute Gasteiger partial charge is 0.132 e. The molecule has 1 aromatic carbocycles. The van der Waals surface area contributed by atoms with Gasteiger partial charge >= 0.3 is 0 Å². The standard InChI is InChI=1S/C13H12N2O/c1-13(2,16)8-7-10-9-14-11-5-3-4-6-12(11)15-10/h3-6,9,16H,1-2H3. The first kappa shape index (κ1) is 10.6. The van der Waals surface area contributed by atoms with Crippen molar-refractivity contribution in [3.8, 4) is 11.8 Å². The SMILES string of the molecule is CC(C)(O)C#Cc1cnc2ccccc2n1. The molecule has 0 aliphatic heterocycles. The van der Waals surface area contributed by atoms with Crippen LogP contribution in [0.2, 0.25) is 0 Å². The Balaban J connectivity index is 2.43. The van der Waals surface area contributed by atoms with Crippen molar-refractivity contribution in [3.05, 3.63) is 36.2 Å². The lowest BCUT2D eigenvalue weighted by Gasteiger charge is -2.05. The highest BCUT2D eigenvalue weighted by Gasteiger charge is 2.06. The van der Waals surface area contributed by atoms with Gasteiger partial charge in [-0.1, -0.05) is 18.1 Å². The summed E-state index contributed by atoms with van der Waals surface area (Å²) < 4.78 is 0. The molecule has 0 saturated heterocycles. The van der Waals surface area contributed by atoms with Gasteiger partial charge in [-0.15, -0.1) is 0 Å². The van der Waals surface area contributed by atoms with Crippen molar-refractivity contribution in [2.75, 3.05) is 0 Å². The van der Waals surface area contributed by atoms with Crippen LogP contribution < -0.4 is 0 Å². The third-order valence-corrected chi connectivity index (χ3v) is 1.95. The van der Waals surface area contributed by atoms with E-state index in [-0.39, 0.29) is 0 Å². The number of rotatable bonds is 0. The number of hydrogen-bond acceptors (Lipinski definition) is 3. The van der Waals surface area contributed by atoms with Gasteiger partial charge in [0.25, 0.3) is 0 Å². The van der Waals surface area contributed by atoms with Crippen molar-refractivity contribution in [3.63, 3.8) is 0 Å². The molecule has 80 valence electrons. The second-order valence-electron chi connectivity index (χ2n) is 4.05. The van der Waals surface area contributed by atoms with Gasteiger partial charge in [0.2, 0.25) is 0 Å². The first-order valence-electron chi connectivity index (χ1n) is 5.02. The molecule has 2 aromatic rings. The van der Waals surface area contributed by atoms with E-state index in [2.05, 4.69) is 21.8 Å². The van der Waals surface area contributed by atoms with Crippen LogP contribution in [0.3, 0.4) is 0 Å². The van der Waals surface area contributed by atoms with Gasteiger partial charge in [0, 0.05) is 0 Å².